The number of carbonyl (C=O) groups excluding carboxylic acids is 3. The van der Waals surface area contributed by atoms with E-state index in [0.717, 1.165) is 0 Å². The van der Waals surface area contributed by atoms with Crippen LogP contribution in [0.4, 0.5) is 0 Å². The molecule has 32 heavy (non-hydrogen) atoms. The number of amides is 1. The van der Waals surface area contributed by atoms with Crippen LogP contribution in [0.15, 0.2) is 54.1 Å². The number of aliphatic hydroxyl groups excluding tert-OH is 1. The maximum atomic E-state index is 13.0. The van der Waals surface area contributed by atoms with E-state index >= 15 is 0 Å². The number of ketones is 1. The van der Waals surface area contributed by atoms with Crippen molar-refractivity contribution in [1.82, 2.24) is 4.90 Å². The molecule has 1 N–H and O–H groups in total. The fourth-order valence-corrected chi connectivity index (χ4v) is 3.62. The van der Waals surface area contributed by atoms with E-state index in [4.69, 9.17) is 14.2 Å². The van der Waals surface area contributed by atoms with Crippen molar-refractivity contribution in [1.29, 1.82) is 0 Å². The molecule has 3 rings (SSSR count). The third-order valence-corrected chi connectivity index (χ3v) is 5.14. The average molecular weight is 439 g/mol. The summed E-state index contributed by atoms with van der Waals surface area (Å²) in [6, 6.07) is 12.2. The van der Waals surface area contributed by atoms with Gasteiger partial charge in [0.1, 0.15) is 11.5 Å². The summed E-state index contributed by atoms with van der Waals surface area (Å²) in [7, 11) is 2.78. The zero-order valence-corrected chi connectivity index (χ0v) is 18.2. The monoisotopic (exact) mass is 439 g/mol. The Balaban J connectivity index is 2.12. The van der Waals surface area contributed by atoms with Crippen molar-refractivity contribution in [2.75, 3.05) is 34.0 Å². The molecular formula is C24H25NO7. The van der Waals surface area contributed by atoms with Crippen LogP contribution in [0.3, 0.4) is 0 Å². The van der Waals surface area contributed by atoms with Crippen LogP contribution in [0.25, 0.3) is 5.76 Å². The Morgan fingerprint density at radius 2 is 1.78 bits per heavy atom. The molecular weight excluding hydrogens is 414 g/mol. The standard InChI is InChI=1S/C24H25NO7/c1-4-32-18-7-5-6-17(14-18)21(26)19-20(25(12-13-30-2)23(28)22(19)27)15-8-10-16(11-9-15)24(29)31-3/h5-11,14,20,26H,4,12-13H2,1-3H3/b21-19+. The Labute approximate surface area is 186 Å². The third kappa shape index (κ3) is 4.50. The van der Waals surface area contributed by atoms with E-state index in [1.165, 1.54) is 19.1 Å². The van der Waals surface area contributed by atoms with E-state index in [-0.39, 0.29) is 24.5 Å². The van der Waals surface area contributed by atoms with E-state index in [9.17, 15) is 19.5 Å². The molecule has 1 heterocycles. The lowest BCUT2D eigenvalue weighted by Gasteiger charge is -2.25. The van der Waals surface area contributed by atoms with Crippen molar-refractivity contribution in [3.8, 4) is 5.75 Å². The number of benzene rings is 2. The number of rotatable bonds is 8. The van der Waals surface area contributed by atoms with E-state index in [2.05, 4.69) is 0 Å². The van der Waals surface area contributed by atoms with Gasteiger partial charge in [-0.1, -0.05) is 24.3 Å². The molecule has 1 amide bonds. The number of methoxy groups -OCH3 is 2. The molecule has 1 unspecified atom stereocenters. The first kappa shape index (κ1) is 23.0. The van der Waals surface area contributed by atoms with Gasteiger partial charge in [0.2, 0.25) is 0 Å². The highest BCUT2D eigenvalue weighted by Gasteiger charge is 2.45. The number of hydrogen-bond donors (Lipinski definition) is 1. The molecule has 0 aromatic heterocycles. The number of esters is 1. The highest BCUT2D eigenvalue weighted by molar-refractivity contribution is 6.46. The Kier molecular flexibility index (Phi) is 7.27. The Morgan fingerprint density at radius 3 is 2.41 bits per heavy atom. The number of aliphatic hydroxyl groups is 1. The molecule has 1 aliphatic heterocycles. The highest BCUT2D eigenvalue weighted by atomic mass is 16.5. The van der Waals surface area contributed by atoms with Crippen molar-refractivity contribution < 1.29 is 33.7 Å². The maximum absolute atomic E-state index is 13.0. The van der Waals surface area contributed by atoms with Gasteiger partial charge in [-0.15, -0.1) is 0 Å². The van der Waals surface area contributed by atoms with Gasteiger partial charge in [-0.2, -0.15) is 0 Å². The van der Waals surface area contributed by atoms with Gasteiger partial charge in [0.15, 0.2) is 0 Å². The number of hydrogen-bond acceptors (Lipinski definition) is 7. The van der Waals surface area contributed by atoms with Crippen LogP contribution in [0.5, 0.6) is 5.75 Å². The molecule has 2 aromatic rings. The van der Waals surface area contributed by atoms with Crippen molar-refractivity contribution in [3.63, 3.8) is 0 Å². The summed E-state index contributed by atoms with van der Waals surface area (Å²) in [5.74, 6) is -1.79. The second-order valence-electron chi connectivity index (χ2n) is 7.06. The summed E-state index contributed by atoms with van der Waals surface area (Å²) >= 11 is 0. The Hall–Kier alpha value is -3.65. The van der Waals surface area contributed by atoms with E-state index < -0.39 is 23.7 Å². The normalized spacial score (nSPS) is 17.5. The van der Waals surface area contributed by atoms with Crippen molar-refractivity contribution >= 4 is 23.4 Å². The van der Waals surface area contributed by atoms with Crippen molar-refractivity contribution in [2.45, 2.75) is 13.0 Å². The molecule has 8 nitrogen and oxygen atoms in total. The summed E-state index contributed by atoms with van der Waals surface area (Å²) in [5.41, 5.74) is 1.22. The Morgan fingerprint density at radius 1 is 1.06 bits per heavy atom. The average Bonchev–Trinajstić information content (AvgIpc) is 3.07. The fraction of sp³-hybridized carbons (Fsp3) is 0.292. The van der Waals surface area contributed by atoms with E-state index in [1.54, 1.807) is 48.5 Å². The summed E-state index contributed by atoms with van der Waals surface area (Å²) in [6.45, 7) is 2.65. The minimum Gasteiger partial charge on any atom is -0.507 e. The van der Waals surface area contributed by atoms with E-state index in [0.29, 0.717) is 29.0 Å². The molecule has 8 heteroatoms. The number of Topliss-reactive ketones (excluding diaryl/α,β-unsaturated/α-hetero) is 1. The van der Waals surface area contributed by atoms with Gasteiger partial charge in [0.05, 0.1) is 37.5 Å². The van der Waals surface area contributed by atoms with Crippen LogP contribution in [0.1, 0.15) is 34.5 Å². The molecule has 0 bridgehead atoms. The maximum Gasteiger partial charge on any atom is 0.337 e. The summed E-state index contributed by atoms with van der Waals surface area (Å²) < 4.78 is 15.3. The van der Waals surface area contributed by atoms with Crippen LogP contribution in [0, 0.1) is 0 Å². The fourth-order valence-electron chi connectivity index (χ4n) is 3.62. The topological polar surface area (TPSA) is 102 Å². The van der Waals surface area contributed by atoms with Crippen molar-refractivity contribution in [2.24, 2.45) is 0 Å². The molecule has 0 spiro atoms. The van der Waals surface area contributed by atoms with Crippen LogP contribution in [-0.4, -0.2) is 61.6 Å². The second-order valence-corrected chi connectivity index (χ2v) is 7.06. The van der Waals surface area contributed by atoms with Gasteiger partial charge < -0.3 is 24.2 Å². The van der Waals surface area contributed by atoms with Crippen LogP contribution >= 0.6 is 0 Å². The van der Waals surface area contributed by atoms with E-state index in [1.807, 2.05) is 6.92 Å². The number of nitrogens with zero attached hydrogens (tertiary/aromatic N) is 1. The third-order valence-electron chi connectivity index (χ3n) is 5.14. The first-order valence-electron chi connectivity index (χ1n) is 10.1. The molecule has 1 saturated heterocycles. The summed E-state index contributed by atoms with van der Waals surface area (Å²) in [5, 5.41) is 11.1. The van der Waals surface area contributed by atoms with Crippen molar-refractivity contribution in [3.05, 3.63) is 70.8 Å². The summed E-state index contributed by atoms with van der Waals surface area (Å²) in [4.78, 5) is 38.9. The largest absolute Gasteiger partial charge is 0.507 e. The molecule has 0 saturated carbocycles. The Bertz CT molecular complexity index is 1040. The number of likely N-dealkylation sites (tertiary alicyclic amines) is 1. The minimum absolute atomic E-state index is 0.0365. The zero-order chi connectivity index (χ0) is 23.3. The molecule has 1 aliphatic rings. The van der Waals surface area contributed by atoms with Gasteiger partial charge in [0.25, 0.3) is 11.7 Å². The zero-order valence-electron chi connectivity index (χ0n) is 18.2. The molecule has 0 radical (unpaired) electrons. The molecule has 168 valence electrons. The van der Waals surface area contributed by atoms with Gasteiger partial charge in [-0.3, -0.25) is 9.59 Å². The quantitative estimate of drug-likeness (QED) is 0.292. The minimum atomic E-state index is -0.840. The SMILES string of the molecule is CCOc1cccc(/C(O)=C2\C(=O)C(=O)N(CCOC)C2c2ccc(C(=O)OC)cc2)c1. The molecule has 0 aliphatic carbocycles. The lowest BCUT2D eigenvalue weighted by molar-refractivity contribution is -0.140. The molecule has 1 atom stereocenters. The van der Waals surface area contributed by atoms with Gasteiger partial charge in [0, 0.05) is 19.2 Å². The predicted molar refractivity (Wildman–Crippen MR) is 116 cm³/mol. The first-order chi connectivity index (χ1) is 15.4. The van der Waals surface area contributed by atoms with Gasteiger partial charge in [-0.25, -0.2) is 4.79 Å². The lowest BCUT2D eigenvalue weighted by Crippen LogP contribution is -2.32. The molecule has 2 aromatic carbocycles. The van der Waals surface area contributed by atoms with Crippen LogP contribution < -0.4 is 4.74 Å². The van der Waals surface area contributed by atoms with Gasteiger partial charge in [-0.05, 0) is 36.8 Å². The van der Waals surface area contributed by atoms with Crippen LogP contribution in [-0.2, 0) is 19.1 Å². The first-order valence-corrected chi connectivity index (χ1v) is 10.1. The number of carbonyl (C=O) groups is 3. The van der Waals surface area contributed by atoms with Gasteiger partial charge >= 0.3 is 5.97 Å². The summed E-state index contributed by atoms with van der Waals surface area (Å²) in [6.07, 6.45) is 0. The number of ether oxygens (including phenoxy) is 3. The smallest absolute Gasteiger partial charge is 0.337 e. The predicted octanol–water partition coefficient (Wildman–Crippen LogP) is 2.94. The highest BCUT2D eigenvalue weighted by Crippen LogP contribution is 2.39. The molecule has 1 fully saturated rings. The second kappa shape index (κ2) is 10.1. The lowest BCUT2D eigenvalue weighted by atomic mass is 9.94. The van der Waals surface area contributed by atoms with Crippen LogP contribution in [0.2, 0.25) is 0 Å².